The molecule has 0 saturated heterocycles. The maximum absolute atomic E-state index is 10.7. The van der Waals surface area contributed by atoms with Gasteiger partial charge in [0.1, 0.15) is 11.5 Å². The van der Waals surface area contributed by atoms with Gasteiger partial charge in [-0.3, -0.25) is 4.90 Å². The average molecular weight is 498 g/mol. The highest BCUT2D eigenvalue weighted by atomic mass is 35.5. The lowest BCUT2D eigenvalue weighted by Gasteiger charge is -2.25. The highest BCUT2D eigenvalue weighted by molar-refractivity contribution is 6.30. The SMILES string of the molecule is CCCC[C@H](O)CN(Cc1c(C)nn(-c2cccc(Cl)c2)c1Oc1ccc(OC)cc1)CC1CC1. The van der Waals surface area contributed by atoms with Gasteiger partial charge >= 0.3 is 0 Å². The summed E-state index contributed by atoms with van der Waals surface area (Å²) in [6, 6.07) is 15.2. The first kappa shape index (κ1) is 25.5. The number of nitrogens with zero attached hydrogens (tertiary/aromatic N) is 3. The smallest absolute Gasteiger partial charge is 0.227 e. The number of halogens is 1. The zero-order valence-corrected chi connectivity index (χ0v) is 21.7. The first-order chi connectivity index (χ1) is 17.0. The van der Waals surface area contributed by atoms with E-state index in [1.165, 1.54) is 12.8 Å². The molecule has 1 atom stereocenters. The van der Waals surface area contributed by atoms with E-state index < -0.39 is 0 Å². The van der Waals surface area contributed by atoms with Gasteiger partial charge in [0.2, 0.25) is 5.88 Å². The van der Waals surface area contributed by atoms with Gasteiger partial charge in [0.15, 0.2) is 0 Å². The van der Waals surface area contributed by atoms with Gasteiger partial charge in [-0.1, -0.05) is 37.4 Å². The lowest BCUT2D eigenvalue weighted by atomic mass is 10.1. The first-order valence-corrected chi connectivity index (χ1v) is 12.9. The zero-order chi connectivity index (χ0) is 24.8. The summed E-state index contributed by atoms with van der Waals surface area (Å²) >= 11 is 6.30. The molecule has 0 spiro atoms. The third-order valence-corrected chi connectivity index (χ3v) is 6.65. The molecule has 3 aromatic rings. The van der Waals surface area contributed by atoms with E-state index >= 15 is 0 Å². The normalized spacial score (nSPS) is 14.3. The molecule has 0 bridgehead atoms. The Balaban J connectivity index is 1.66. The van der Waals surface area contributed by atoms with Crippen molar-refractivity contribution in [2.45, 2.75) is 58.6 Å². The molecule has 188 valence electrons. The van der Waals surface area contributed by atoms with Crippen LogP contribution in [0, 0.1) is 12.8 Å². The van der Waals surface area contributed by atoms with Gasteiger partial charge in [-0.05, 0) is 74.6 Å². The van der Waals surface area contributed by atoms with Crippen molar-refractivity contribution in [3.63, 3.8) is 0 Å². The molecule has 6 nitrogen and oxygen atoms in total. The molecule has 0 amide bonds. The van der Waals surface area contributed by atoms with E-state index in [0.717, 1.165) is 48.5 Å². The Hall–Kier alpha value is -2.54. The van der Waals surface area contributed by atoms with E-state index in [1.54, 1.807) is 7.11 Å². The number of aliphatic hydroxyl groups excluding tert-OH is 1. The minimum absolute atomic E-state index is 0.331. The molecule has 7 heteroatoms. The second kappa shape index (κ2) is 11.9. The molecule has 4 rings (SSSR count). The Labute approximate surface area is 213 Å². The molecule has 1 fully saturated rings. The van der Waals surface area contributed by atoms with Crippen molar-refractivity contribution in [1.82, 2.24) is 14.7 Å². The second-order valence-corrected chi connectivity index (χ2v) is 9.91. The monoisotopic (exact) mass is 497 g/mol. The Bertz CT molecular complexity index is 1100. The van der Waals surface area contributed by atoms with Crippen LogP contribution in [-0.4, -0.2) is 46.1 Å². The predicted octanol–water partition coefficient (Wildman–Crippen LogP) is 6.40. The summed E-state index contributed by atoms with van der Waals surface area (Å²) in [4.78, 5) is 2.37. The van der Waals surface area contributed by atoms with Crippen molar-refractivity contribution in [2.75, 3.05) is 20.2 Å². The Kier molecular flexibility index (Phi) is 8.71. The van der Waals surface area contributed by atoms with Crippen molar-refractivity contribution < 1.29 is 14.6 Å². The van der Waals surface area contributed by atoms with E-state index in [1.807, 2.05) is 60.1 Å². The number of aryl methyl sites for hydroxylation is 1. The van der Waals surface area contributed by atoms with Crippen LogP contribution in [0.1, 0.15) is 50.3 Å². The lowest BCUT2D eigenvalue weighted by Crippen LogP contribution is -2.34. The third-order valence-electron chi connectivity index (χ3n) is 6.42. The predicted molar refractivity (Wildman–Crippen MR) is 140 cm³/mol. The van der Waals surface area contributed by atoms with E-state index in [4.69, 9.17) is 26.2 Å². The molecule has 0 aliphatic heterocycles. The number of aliphatic hydroxyl groups is 1. The number of aromatic nitrogens is 2. The Morgan fingerprint density at radius 1 is 1.17 bits per heavy atom. The number of methoxy groups -OCH3 is 1. The molecule has 0 radical (unpaired) electrons. The fourth-order valence-corrected chi connectivity index (χ4v) is 4.47. The second-order valence-electron chi connectivity index (χ2n) is 9.47. The van der Waals surface area contributed by atoms with Crippen molar-refractivity contribution >= 4 is 11.6 Å². The van der Waals surface area contributed by atoms with Crippen molar-refractivity contribution in [3.05, 3.63) is 64.8 Å². The summed E-state index contributed by atoms with van der Waals surface area (Å²) < 4.78 is 13.6. The van der Waals surface area contributed by atoms with Crippen LogP contribution in [-0.2, 0) is 6.54 Å². The van der Waals surface area contributed by atoms with Gasteiger partial charge in [0.05, 0.1) is 30.2 Å². The average Bonchev–Trinajstić information content (AvgIpc) is 3.62. The van der Waals surface area contributed by atoms with E-state index in [0.29, 0.717) is 35.7 Å². The summed E-state index contributed by atoms with van der Waals surface area (Å²) in [5.74, 6) is 2.85. The molecule has 1 aromatic heterocycles. The lowest BCUT2D eigenvalue weighted by molar-refractivity contribution is 0.0965. The highest BCUT2D eigenvalue weighted by Crippen LogP contribution is 2.35. The molecular formula is C28H36ClN3O3. The van der Waals surface area contributed by atoms with Crippen LogP contribution in [0.3, 0.4) is 0 Å². The van der Waals surface area contributed by atoms with Gasteiger partial charge in [-0.25, -0.2) is 4.68 Å². The van der Waals surface area contributed by atoms with Crippen molar-refractivity contribution in [1.29, 1.82) is 0 Å². The maximum Gasteiger partial charge on any atom is 0.227 e. The molecule has 1 heterocycles. The standard InChI is InChI=1S/C28H36ClN3O3/c1-4-5-9-24(33)18-31(17-21-10-11-21)19-27-20(2)30-32(23-8-6-7-22(29)16-23)28(27)35-26-14-12-25(34-3)13-15-26/h6-8,12-16,21,24,33H,4-5,9-11,17-19H2,1-3H3/t24-/m0/s1. The van der Waals surface area contributed by atoms with E-state index in [2.05, 4.69) is 11.8 Å². The summed E-state index contributed by atoms with van der Waals surface area (Å²) in [6.45, 7) is 6.47. The minimum Gasteiger partial charge on any atom is -0.497 e. The topological polar surface area (TPSA) is 59.8 Å². The Morgan fingerprint density at radius 3 is 2.57 bits per heavy atom. The Morgan fingerprint density at radius 2 is 1.91 bits per heavy atom. The van der Waals surface area contributed by atoms with Crippen LogP contribution in [0.15, 0.2) is 48.5 Å². The number of hydrogen-bond donors (Lipinski definition) is 1. The van der Waals surface area contributed by atoms with Gasteiger partial charge < -0.3 is 14.6 Å². The van der Waals surface area contributed by atoms with Crippen LogP contribution in [0.2, 0.25) is 5.02 Å². The van der Waals surface area contributed by atoms with Gasteiger partial charge in [0.25, 0.3) is 0 Å². The molecular weight excluding hydrogens is 462 g/mol. The number of ether oxygens (including phenoxy) is 2. The van der Waals surface area contributed by atoms with Crippen LogP contribution < -0.4 is 9.47 Å². The quantitative estimate of drug-likeness (QED) is 0.296. The molecule has 2 aromatic carbocycles. The van der Waals surface area contributed by atoms with Crippen molar-refractivity contribution in [3.8, 4) is 23.1 Å². The molecule has 1 saturated carbocycles. The van der Waals surface area contributed by atoms with Crippen LogP contribution >= 0.6 is 11.6 Å². The highest BCUT2D eigenvalue weighted by Gasteiger charge is 2.28. The van der Waals surface area contributed by atoms with Crippen LogP contribution in [0.4, 0.5) is 0 Å². The molecule has 1 aliphatic rings. The van der Waals surface area contributed by atoms with E-state index in [9.17, 15) is 5.11 Å². The number of benzene rings is 2. The molecule has 1 aliphatic carbocycles. The molecule has 1 N–H and O–H groups in total. The number of hydrogen-bond acceptors (Lipinski definition) is 5. The molecule has 0 unspecified atom stereocenters. The molecule has 35 heavy (non-hydrogen) atoms. The summed E-state index contributed by atoms with van der Waals surface area (Å²) in [6.07, 6.45) is 5.15. The first-order valence-electron chi connectivity index (χ1n) is 12.5. The third kappa shape index (κ3) is 7.00. The van der Waals surface area contributed by atoms with Crippen LogP contribution in [0.25, 0.3) is 5.69 Å². The van der Waals surface area contributed by atoms with E-state index in [-0.39, 0.29) is 6.10 Å². The fraction of sp³-hybridized carbons (Fsp3) is 0.464. The number of unbranched alkanes of at least 4 members (excludes halogenated alkanes) is 1. The largest absolute Gasteiger partial charge is 0.497 e. The minimum atomic E-state index is -0.331. The summed E-state index contributed by atoms with van der Waals surface area (Å²) in [7, 11) is 1.65. The van der Waals surface area contributed by atoms with Crippen molar-refractivity contribution in [2.24, 2.45) is 5.92 Å². The maximum atomic E-state index is 10.7. The zero-order valence-electron chi connectivity index (χ0n) is 20.9. The van der Waals surface area contributed by atoms with Gasteiger partial charge in [-0.15, -0.1) is 0 Å². The van der Waals surface area contributed by atoms with Gasteiger partial charge in [0, 0.05) is 24.7 Å². The summed E-state index contributed by atoms with van der Waals surface area (Å²) in [5, 5.41) is 16.2. The van der Waals surface area contributed by atoms with Gasteiger partial charge in [-0.2, -0.15) is 5.10 Å². The fourth-order valence-electron chi connectivity index (χ4n) is 4.29. The summed E-state index contributed by atoms with van der Waals surface area (Å²) in [5.41, 5.74) is 2.76. The number of rotatable bonds is 13. The van der Waals surface area contributed by atoms with Crippen LogP contribution in [0.5, 0.6) is 17.4 Å².